The molecule has 0 aliphatic heterocycles. The Kier molecular flexibility index (Phi) is 6.25. The Morgan fingerprint density at radius 1 is 0.846 bits per heavy atom. The van der Waals surface area contributed by atoms with Gasteiger partial charge in [-0.1, -0.05) is 67.8 Å². The molecule has 0 aromatic heterocycles. The Bertz CT molecular complexity index is 713. The highest BCUT2D eigenvalue weighted by molar-refractivity contribution is 5.97. The van der Waals surface area contributed by atoms with Gasteiger partial charge < -0.3 is 16.0 Å². The average molecular weight is 351 g/mol. The predicted molar refractivity (Wildman–Crippen MR) is 103 cm³/mol. The van der Waals surface area contributed by atoms with Crippen LogP contribution in [0.5, 0.6) is 0 Å². The van der Waals surface area contributed by atoms with E-state index < -0.39 is 6.04 Å². The maximum atomic E-state index is 12.8. The van der Waals surface area contributed by atoms with E-state index in [9.17, 15) is 9.59 Å². The topological polar surface area (TPSA) is 70.2 Å². The number of benzene rings is 2. The summed E-state index contributed by atoms with van der Waals surface area (Å²) in [5, 5.41) is 8.71. The largest absolute Gasteiger partial charge is 0.335 e. The average Bonchev–Trinajstić information content (AvgIpc) is 2.68. The van der Waals surface area contributed by atoms with E-state index in [2.05, 4.69) is 16.0 Å². The number of carbonyl (C=O) groups is 2. The van der Waals surface area contributed by atoms with Gasteiger partial charge in [-0.25, -0.2) is 4.79 Å². The first-order valence-electron chi connectivity index (χ1n) is 9.20. The molecule has 0 spiro atoms. The van der Waals surface area contributed by atoms with E-state index in [0.29, 0.717) is 5.69 Å². The first kappa shape index (κ1) is 18.0. The number of rotatable bonds is 5. The van der Waals surface area contributed by atoms with Crippen molar-refractivity contribution in [3.05, 3.63) is 66.2 Å². The fourth-order valence-corrected chi connectivity index (χ4v) is 3.29. The minimum atomic E-state index is -0.750. The van der Waals surface area contributed by atoms with Gasteiger partial charge in [-0.05, 0) is 30.5 Å². The summed E-state index contributed by atoms with van der Waals surface area (Å²) >= 11 is 0. The van der Waals surface area contributed by atoms with E-state index in [1.54, 1.807) is 0 Å². The van der Waals surface area contributed by atoms with E-state index in [-0.39, 0.29) is 18.0 Å². The second kappa shape index (κ2) is 9.04. The lowest BCUT2D eigenvalue weighted by Gasteiger charge is -2.25. The summed E-state index contributed by atoms with van der Waals surface area (Å²) in [4.78, 5) is 25.2. The summed E-state index contributed by atoms with van der Waals surface area (Å²) in [6.45, 7) is 0. The third-order valence-electron chi connectivity index (χ3n) is 4.65. The molecule has 2 aromatic carbocycles. The Morgan fingerprint density at radius 2 is 1.46 bits per heavy atom. The van der Waals surface area contributed by atoms with Gasteiger partial charge in [-0.2, -0.15) is 0 Å². The molecule has 2 aromatic rings. The van der Waals surface area contributed by atoms with Gasteiger partial charge in [0.15, 0.2) is 0 Å². The zero-order valence-electron chi connectivity index (χ0n) is 14.8. The number of hydrogen-bond acceptors (Lipinski definition) is 2. The van der Waals surface area contributed by atoms with Gasteiger partial charge in [0.2, 0.25) is 0 Å². The summed E-state index contributed by atoms with van der Waals surface area (Å²) in [5.74, 6) is -0.263. The molecule has 136 valence electrons. The van der Waals surface area contributed by atoms with E-state index >= 15 is 0 Å². The smallest absolute Gasteiger partial charge is 0.315 e. The summed E-state index contributed by atoms with van der Waals surface area (Å²) in [6.07, 6.45) is 5.51. The van der Waals surface area contributed by atoms with Crippen LogP contribution in [0.2, 0.25) is 0 Å². The highest BCUT2D eigenvalue weighted by atomic mass is 16.2. The van der Waals surface area contributed by atoms with Crippen molar-refractivity contribution in [2.75, 3.05) is 5.32 Å². The molecule has 0 radical (unpaired) electrons. The fraction of sp³-hybridized carbons (Fsp3) is 0.333. The van der Waals surface area contributed by atoms with Crippen molar-refractivity contribution in [3.8, 4) is 0 Å². The van der Waals surface area contributed by atoms with Crippen LogP contribution < -0.4 is 16.0 Å². The van der Waals surface area contributed by atoms with Crippen LogP contribution in [0.4, 0.5) is 10.5 Å². The lowest BCUT2D eigenvalue weighted by Crippen LogP contribution is -2.46. The third-order valence-corrected chi connectivity index (χ3v) is 4.65. The maximum absolute atomic E-state index is 12.8. The molecule has 26 heavy (non-hydrogen) atoms. The van der Waals surface area contributed by atoms with Crippen LogP contribution in [0, 0.1) is 0 Å². The molecule has 5 nitrogen and oxygen atoms in total. The van der Waals surface area contributed by atoms with Crippen LogP contribution in [0.25, 0.3) is 0 Å². The minimum absolute atomic E-state index is 0.192. The molecule has 3 N–H and O–H groups in total. The van der Waals surface area contributed by atoms with Crippen molar-refractivity contribution in [1.29, 1.82) is 0 Å². The molecule has 0 unspecified atom stereocenters. The summed E-state index contributed by atoms with van der Waals surface area (Å²) in [5.41, 5.74) is 1.45. The van der Waals surface area contributed by atoms with Crippen molar-refractivity contribution in [2.45, 2.75) is 44.2 Å². The summed E-state index contributed by atoms with van der Waals surface area (Å²) in [7, 11) is 0. The standard InChI is InChI=1S/C21H25N3O2/c25-20(22-17-12-6-2-7-13-17)19(16-10-4-1-5-11-16)24-21(26)23-18-14-8-3-9-15-18/h1-2,4-7,10-13,18-19H,3,8-9,14-15H2,(H,22,25)(H2,23,24,26)/t19-/m1/s1. The predicted octanol–water partition coefficient (Wildman–Crippen LogP) is 4.00. The molecule has 0 bridgehead atoms. The number of nitrogens with one attached hydrogen (secondary N) is 3. The van der Waals surface area contributed by atoms with Crippen LogP contribution >= 0.6 is 0 Å². The molecule has 5 heteroatoms. The first-order chi connectivity index (χ1) is 12.7. The molecular weight excluding hydrogens is 326 g/mol. The van der Waals surface area contributed by atoms with Gasteiger partial charge in [0, 0.05) is 11.7 Å². The van der Waals surface area contributed by atoms with Gasteiger partial charge in [0.05, 0.1) is 0 Å². The van der Waals surface area contributed by atoms with E-state index in [1.165, 1.54) is 6.42 Å². The molecule has 1 aliphatic rings. The Morgan fingerprint density at radius 3 is 2.12 bits per heavy atom. The number of carbonyl (C=O) groups excluding carboxylic acids is 2. The molecule has 1 fully saturated rings. The number of urea groups is 1. The van der Waals surface area contributed by atoms with Gasteiger partial charge in [-0.3, -0.25) is 4.79 Å². The normalized spacial score (nSPS) is 15.7. The van der Waals surface area contributed by atoms with Crippen molar-refractivity contribution < 1.29 is 9.59 Å². The minimum Gasteiger partial charge on any atom is -0.335 e. The van der Waals surface area contributed by atoms with Gasteiger partial charge in [0.1, 0.15) is 6.04 Å². The molecule has 3 amide bonds. The second-order valence-corrected chi connectivity index (χ2v) is 6.65. The lowest BCUT2D eigenvalue weighted by molar-refractivity contribution is -0.118. The number of hydrogen-bond donors (Lipinski definition) is 3. The Labute approximate surface area is 154 Å². The van der Waals surface area contributed by atoms with Crippen LogP contribution in [0.3, 0.4) is 0 Å². The first-order valence-corrected chi connectivity index (χ1v) is 9.20. The molecular formula is C21H25N3O2. The van der Waals surface area contributed by atoms with Crippen molar-refractivity contribution in [1.82, 2.24) is 10.6 Å². The van der Waals surface area contributed by atoms with Crippen LogP contribution in [0.1, 0.15) is 43.7 Å². The van der Waals surface area contributed by atoms with Gasteiger partial charge >= 0.3 is 6.03 Å². The van der Waals surface area contributed by atoms with Crippen molar-refractivity contribution in [3.63, 3.8) is 0 Å². The summed E-state index contributed by atoms with van der Waals surface area (Å²) in [6, 6.07) is 17.7. The van der Waals surface area contributed by atoms with E-state index in [1.807, 2.05) is 60.7 Å². The number of amides is 3. The van der Waals surface area contributed by atoms with Gasteiger partial charge in [0.25, 0.3) is 5.91 Å². The van der Waals surface area contributed by atoms with Crippen molar-refractivity contribution >= 4 is 17.6 Å². The highest BCUT2D eigenvalue weighted by Gasteiger charge is 2.24. The van der Waals surface area contributed by atoms with Gasteiger partial charge in [-0.15, -0.1) is 0 Å². The van der Waals surface area contributed by atoms with E-state index in [4.69, 9.17) is 0 Å². The van der Waals surface area contributed by atoms with Crippen LogP contribution in [-0.2, 0) is 4.79 Å². The SMILES string of the molecule is O=C(NC1CCCCC1)N[C@@H](C(=O)Nc1ccccc1)c1ccccc1. The van der Waals surface area contributed by atoms with Crippen LogP contribution in [-0.4, -0.2) is 18.0 Å². The lowest BCUT2D eigenvalue weighted by atomic mass is 9.96. The maximum Gasteiger partial charge on any atom is 0.315 e. The molecule has 0 heterocycles. The number of anilines is 1. The van der Waals surface area contributed by atoms with Crippen LogP contribution in [0.15, 0.2) is 60.7 Å². The molecule has 1 saturated carbocycles. The molecule has 1 atom stereocenters. The Hall–Kier alpha value is -2.82. The second-order valence-electron chi connectivity index (χ2n) is 6.65. The highest BCUT2D eigenvalue weighted by Crippen LogP contribution is 2.19. The quantitative estimate of drug-likeness (QED) is 0.762. The third kappa shape index (κ3) is 5.09. The zero-order chi connectivity index (χ0) is 18.2. The number of para-hydroxylation sites is 1. The Balaban J connectivity index is 1.69. The van der Waals surface area contributed by atoms with E-state index in [0.717, 1.165) is 31.2 Å². The van der Waals surface area contributed by atoms with Crippen molar-refractivity contribution in [2.24, 2.45) is 0 Å². The monoisotopic (exact) mass is 351 g/mol. The molecule has 1 aliphatic carbocycles. The fourth-order valence-electron chi connectivity index (χ4n) is 3.29. The zero-order valence-corrected chi connectivity index (χ0v) is 14.8. The molecule has 0 saturated heterocycles. The summed E-state index contributed by atoms with van der Waals surface area (Å²) < 4.78 is 0. The molecule has 3 rings (SSSR count).